The van der Waals surface area contributed by atoms with E-state index in [2.05, 4.69) is 20.4 Å². The quantitative estimate of drug-likeness (QED) is 0.697. The van der Waals surface area contributed by atoms with E-state index in [9.17, 15) is 27.2 Å². The van der Waals surface area contributed by atoms with Crippen molar-refractivity contribution in [2.24, 2.45) is 0 Å². The number of rotatable bonds is 4. The Balaban J connectivity index is 1.86. The van der Waals surface area contributed by atoms with Crippen LogP contribution in [0.1, 0.15) is 31.0 Å². The number of hydrogen-bond donors (Lipinski definition) is 2. The van der Waals surface area contributed by atoms with Gasteiger partial charge in [0, 0.05) is 6.20 Å². The van der Waals surface area contributed by atoms with Gasteiger partial charge in [-0.25, -0.2) is 14.2 Å². The van der Waals surface area contributed by atoms with E-state index in [1.165, 1.54) is 32.2 Å². The van der Waals surface area contributed by atoms with Gasteiger partial charge < -0.3 is 15.4 Å². The molecular weight excluding hydrogens is 420 g/mol. The van der Waals surface area contributed by atoms with Crippen molar-refractivity contribution in [1.82, 2.24) is 10.3 Å². The number of aromatic nitrogens is 1. The summed E-state index contributed by atoms with van der Waals surface area (Å²) in [6.45, 7) is 3.88. The zero-order valence-corrected chi connectivity index (χ0v) is 16.9. The molecule has 0 aliphatic carbocycles. The van der Waals surface area contributed by atoms with Crippen molar-refractivity contribution in [2.45, 2.75) is 38.8 Å². The third-order valence-corrected chi connectivity index (χ3v) is 4.48. The monoisotopic (exact) mass is 440 g/mol. The summed E-state index contributed by atoms with van der Waals surface area (Å²) in [5, 5.41) is 5.14. The second-order valence-corrected chi connectivity index (χ2v) is 7.58. The Morgan fingerprint density at radius 3 is 2.45 bits per heavy atom. The average Bonchev–Trinajstić information content (AvgIpc) is 2.63. The van der Waals surface area contributed by atoms with Crippen LogP contribution in [0.4, 0.5) is 33.9 Å². The summed E-state index contributed by atoms with van der Waals surface area (Å²) in [4.78, 5) is 30.2. The summed E-state index contributed by atoms with van der Waals surface area (Å²) >= 11 is 0. The van der Waals surface area contributed by atoms with Crippen LogP contribution in [0.2, 0.25) is 0 Å². The van der Waals surface area contributed by atoms with Crippen LogP contribution in [0, 0.1) is 6.92 Å². The number of carbonyl (C=O) groups excluding carboxylic acids is 2. The number of halogens is 4. The molecule has 11 heteroatoms. The first-order chi connectivity index (χ1) is 14.3. The number of pyridine rings is 1. The molecule has 1 aliphatic rings. The summed E-state index contributed by atoms with van der Waals surface area (Å²) in [5.41, 5.74) is -0.654. The third kappa shape index (κ3) is 5.41. The normalized spacial score (nSPS) is 15.1. The molecule has 0 fully saturated rings. The van der Waals surface area contributed by atoms with Crippen molar-refractivity contribution in [3.05, 3.63) is 47.7 Å². The van der Waals surface area contributed by atoms with Crippen LogP contribution >= 0.6 is 0 Å². The molecule has 0 radical (unpaired) electrons. The van der Waals surface area contributed by atoms with E-state index in [-0.39, 0.29) is 17.9 Å². The van der Waals surface area contributed by atoms with Crippen molar-refractivity contribution >= 4 is 23.4 Å². The number of benzene rings is 1. The topological polar surface area (TPSA) is 83.6 Å². The van der Waals surface area contributed by atoms with Gasteiger partial charge in [-0.05, 0) is 50.1 Å². The van der Waals surface area contributed by atoms with E-state index in [1.807, 2.05) is 0 Å². The van der Waals surface area contributed by atoms with E-state index < -0.39 is 35.8 Å². The number of anilines is 2. The smallest absolute Gasteiger partial charge is 0.406 e. The minimum absolute atomic E-state index is 0.201. The molecule has 31 heavy (non-hydrogen) atoms. The van der Waals surface area contributed by atoms with Crippen LogP contribution in [0.5, 0.6) is 5.75 Å². The maximum atomic E-state index is 14.9. The maximum Gasteiger partial charge on any atom is 0.573 e. The number of nitrogens with one attached hydrogen (secondary N) is 2. The first-order valence-corrected chi connectivity index (χ1v) is 9.22. The second-order valence-electron chi connectivity index (χ2n) is 7.58. The van der Waals surface area contributed by atoms with Crippen LogP contribution in [-0.2, 0) is 4.79 Å². The number of ether oxygens (including phenoxy) is 1. The SMILES string of the molecule is Cc1cnc2c(c1)NC(=O)CN2C(=O)NC(c1ccc(OC(F)(F)F)cc1)C(C)(C)F. The predicted octanol–water partition coefficient (Wildman–Crippen LogP) is 4.25. The van der Waals surface area contributed by atoms with Crippen molar-refractivity contribution in [3.63, 3.8) is 0 Å². The van der Waals surface area contributed by atoms with Gasteiger partial charge in [0.05, 0.1) is 11.7 Å². The van der Waals surface area contributed by atoms with Crippen molar-refractivity contribution in [3.8, 4) is 5.75 Å². The molecular formula is C20H20F4N4O3. The van der Waals surface area contributed by atoms with Crippen LogP contribution < -0.4 is 20.3 Å². The van der Waals surface area contributed by atoms with Crippen LogP contribution in [0.25, 0.3) is 0 Å². The summed E-state index contributed by atoms with van der Waals surface area (Å²) in [7, 11) is 0. The van der Waals surface area contributed by atoms with Gasteiger partial charge in [-0.1, -0.05) is 12.1 Å². The van der Waals surface area contributed by atoms with Crippen LogP contribution in [-0.4, -0.2) is 35.5 Å². The molecule has 166 valence electrons. The van der Waals surface area contributed by atoms with Crippen molar-refractivity contribution in [1.29, 1.82) is 0 Å². The zero-order valence-electron chi connectivity index (χ0n) is 16.9. The number of nitrogens with zero attached hydrogens (tertiary/aromatic N) is 2. The van der Waals surface area contributed by atoms with Gasteiger partial charge in [0.15, 0.2) is 5.82 Å². The number of aryl methyl sites for hydroxylation is 1. The molecule has 2 aromatic rings. The number of alkyl halides is 4. The maximum absolute atomic E-state index is 14.9. The fraction of sp³-hybridized carbons (Fsp3) is 0.350. The number of amides is 3. The Hall–Kier alpha value is -3.37. The Morgan fingerprint density at radius 2 is 1.87 bits per heavy atom. The molecule has 1 aromatic carbocycles. The molecule has 0 saturated heterocycles. The fourth-order valence-corrected chi connectivity index (χ4v) is 3.16. The summed E-state index contributed by atoms with van der Waals surface area (Å²) in [6, 6.07) is 4.16. The highest BCUT2D eigenvalue weighted by atomic mass is 19.4. The standard InChI is InChI=1S/C20H20F4N4O3/c1-11-8-14-17(25-9-11)28(10-15(29)26-14)18(30)27-16(19(2,3)21)12-4-6-13(7-5-12)31-20(22,23)24/h4-9,16H,10H2,1-3H3,(H,26,29)(H,27,30). The van der Waals surface area contributed by atoms with Crippen LogP contribution in [0.3, 0.4) is 0 Å². The molecule has 2 heterocycles. The molecule has 3 amide bonds. The fourth-order valence-electron chi connectivity index (χ4n) is 3.16. The Kier molecular flexibility index (Phi) is 5.79. The van der Waals surface area contributed by atoms with E-state index in [1.54, 1.807) is 13.0 Å². The molecule has 2 N–H and O–H groups in total. The Morgan fingerprint density at radius 1 is 1.23 bits per heavy atom. The van der Waals surface area contributed by atoms with Crippen LogP contribution in [0.15, 0.2) is 36.5 Å². The van der Waals surface area contributed by atoms with E-state index in [4.69, 9.17) is 0 Å². The van der Waals surface area contributed by atoms with Gasteiger partial charge in [0.2, 0.25) is 5.91 Å². The molecule has 1 unspecified atom stereocenters. The summed E-state index contributed by atoms with van der Waals surface area (Å²) < 4.78 is 55.8. The summed E-state index contributed by atoms with van der Waals surface area (Å²) in [5.74, 6) is -0.717. The van der Waals surface area contributed by atoms with Gasteiger partial charge >= 0.3 is 12.4 Å². The van der Waals surface area contributed by atoms with Gasteiger partial charge in [0.1, 0.15) is 18.0 Å². The molecule has 0 bridgehead atoms. The Labute approximate surface area is 175 Å². The highest BCUT2D eigenvalue weighted by molar-refractivity contribution is 6.08. The highest BCUT2D eigenvalue weighted by Crippen LogP contribution is 2.33. The van der Waals surface area contributed by atoms with Crippen molar-refractivity contribution in [2.75, 3.05) is 16.8 Å². The largest absolute Gasteiger partial charge is 0.573 e. The number of urea groups is 1. The minimum atomic E-state index is -4.86. The first-order valence-electron chi connectivity index (χ1n) is 9.22. The average molecular weight is 440 g/mol. The van der Waals surface area contributed by atoms with Gasteiger partial charge in [-0.15, -0.1) is 13.2 Å². The van der Waals surface area contributed by atoms with Gasteiger partial charge in [-0.2, -0.15) is 0 Å². The highest BCUT2D eigenvalue weighted by Gasteiger charge is 2.36. The van der Waals surface area contributed by atoms with E-state index in [0.717, 1.165) is 22.6 Å². The molecule has 3 rings (SSSR count). The number of carbonyl (C=O) groups is 2. The zero-order chi connectivity index (χ0) is 23.0. The second kappa shape index (κ2) is 8.05. The lowest BCUT2D eigenvalue weighted by Crippen LogP contribution is -2.51. The molecule has 7 nitrogen and oxygen atoms in total. The lowest BCUT2D eigenvalue weighted by atomic mass is 9.93. The third-order valence-electron chi connectivity index (χ3n) is 4.48. The molecule has 0 spiro atoms. The summed E-state index contributed by atoms with van der Waals surface area (Å²) in [6.07, 6.45) is -3.34. The van der Waals surface area contributed by atoms with Gasteiger partial charge in [0.25, 0.3) is 0 Å². The number of hydrogen-bond acceptors (Lipinski definition) is 4. The molecule has 1 aromatic heterocycles. The first kappa shape index (κ1) is 22.3. The molecule has 1 atom stereocenters. The molecule has 1 aliphatic heterocycles. The number of fused-ring (bicyclic) bond motifs is 1. The minimum Gasteiger partial charge on any atom is -0.406 e. The lowest BCUT2D eigenvalue weighted by molar-refractivity contribution is -0.274. The van der Waals surface area contributed by atoms with Gasteiger partial charge in [-0.3, -0.25) is 9.69 Å². The molecule has 0 saturated carbocycles. The lowest BCUT2D eigenvalue weighted by Gasteiger charge is -2.33. The predicted molar refractivity (Wildman–Crippen MR) is 105 cm³/mol. The Bertz CT molecular complexity index is 987. The van der Waals surface area contributed by atoms with E-state index >= 15 is 0 Å². The van der Waals surface area contributed by atoms with Crippen molar-refractivity contribution < 1.29 is 31.9 Å². The van der Waals surface area contributed by atoms with E-state index in [0.29, 0.717) is 5.69 Å².